The minimum atomic E-state index is 0.900. The second-order valence-electron chi connectivity index (χ2n) is 3.57. The number of nitrogens with zero attached hydrogens (tertiary/aromatic N) is 2. The van der Waals surface area contributed by atoms with Crippen molar-refractivity contribution in [2.45, 2.75) is 6.42 Å². The maximum absolute atomic E-state index is 4.28. The van der Waals surface area contributed by atoms with Gasteiger partial charge in [0.1, 0.15) is 5.82 Å². The van der Waals surface area contributed by atoms with Crippen molar-refractivity contribution in [3.63, 3.8) is 0 Å². The first-order valence-corrected chi connectivity index (χ1v) is 6.38. The monoisotopic (exact) mass is 335 g/mol. The molecule has 1 aromatic heterocycles. The highest BCUT2D eigenvalue weighted by Crippen LogP contribution is 2.23. The largest absolute Gasteiger partial charge is 0.369 e. The number of hydrogen-bond donors (Lipinski definition) is 1. The van der Waals surface area contributed by atoms with E-state index in [2.05, 4.69) is 61.2 Å². The number of halogens is 2. The molecular formula is C10H15Br2N3. The van der Waals surface area contributed by atoms with E-state index in [4.69, 9.17) is 0 Å². The Morgan fingerprint density at radius 3 is 2.73 bits per heavy atom. The number of hydrogen-bond acceptors (Lipinski definition) is 3. The standard InChI is InChI=1S/C10H15Br2N3/c1-15(2)5-3-4-13-10-9(12)6-8(11)7-14-10/h6-7H,3-5H2,1-2H3,(H,13,14). The van der Waals surface area contributed by atoms with Crippen LogP contribution in [-0.2, 0) is 0 Å². The third-order valence-corrected chi connectivity index (χ3v) is 2.92. The van der Waals surface area contributed by atoms with E-state index in [9.17, 15) is 0 Å². The van der Waals surface area contributed by atoms with Crippen molar-refractivity contribution in [3.8, 4) is 0 Å². The van der Waals surface area contributed by atoms with E-state index >= 15 is 0 Å². The summed E-state index contributed by atoms with van der Waals surface area (Å²) in [5.74, 6) is 0.900. The topological polar surface area (TPSA) is 28.2 Å². The summed E-state index contributed by atoms with van der Waals surface area (Å²) in [4.78, 5) is 6.45. The third kappa shape index (κ3) is 4.95. The first-order valence-electron chi connectivity index (χ1n) is 4.79. The second kappa shape index (κ2) is 6.45. The average Bonchev–Trinajstić information content (AvgIpc) is 2.14. The second-order valence-corrected chi connectivity index (χ2v) is 5.34. The summed E-state index contributed by atoms with van der Waals surface area (Å²) in [6.45, 7) is 2.02. The molecule has 3 nitrogen and oxygen atoms in total. The fraction of sp³-hybridized carbons (Fsp3) is 0.500. The lowest BCUT2D eigenvalue weighted by Crippen LogP contribution is -2.16. The van der Waals surface area contributed by atoms with Crippen molar-refractivity contribution in [1.82, 2.24) is 9.88 Å². The zero-order valence-corrected chi connectivity index (χ0v) is 12.1. The van der Waals surface area contributed by atoms with Gasteiger partial charge < -0.3 is 10.2 Å². The molecule has 0 aliphatic rings. The highest BCUT2D eigenvalue weighted by atomic mass is 79.9. The highest BCUT2D eigenvalue weighted by molar-refractivity contribution is 9.11. The molecule has 0 aliphatic carbocycles. The Hall–Kier alpha value is -0.130. The molecule has 1 N–H and O–H groups in total. The predicted molar refractivity (Wildman–Crippen MR) is 71.3 cm³/mol. The summed E-state index contributed by atoms with van der Waals surface area (Å²) in [5, 5.41) is 3.29. The van der Waals surface area contributed by atoms with Gasteiger partial charge in [0.2, 0.25) is 0 Å². The van der Waals surface area contributed by atoms with Gasteiger partial charge in [0.05, 0.1) is 4.47 Å². The van der Waals surface area contributed by atoms with E-state index in [-0.39, 0.29) is 0 Å². The summed E-state index contributed by atoms with van der Waals surface area (Å²) in [5.41, 5.74) is 0. The fourth-order valence-electron chi connectivity index (χ4n) is 1.15. The molecule has 0 atom stereocenters. The first-order chi connectivity index (χ1) is 7.09. The van der Waals surface area contributed by atoms with Gasteiger partial charge in [-0.25, -0.2) is 4.98 Å². The van der Waals surface area contributed by atoms with Crippen molar-refractivity contribution in [2.24, 2.45) is 0 Å². The van der Waals surface area contributed by atoms with E-state index in [0.29, 0.717) is 0 Å². The molecule has 0 saturated carbocycles. The molecular weight excluding hydrogens is 322 g/mol. The Morgan fingerprint density at radius 2 is 2.13 bits per heavy atom. The first kappa shape index (κ1) is 12.9. The Labute approximate surface area is 108 Å². The molecule has 84 valence electrons. The summed E-state index contributed by atoms with van der Waals surface area (Å²) in [7, 11) is 4.15. The zero-order valence-electron chi connectivity index (χ0n) is 8.93. The molecule has 0 bridgehead atoms. The Morgan fingerprint density at radius 1 is 1.40 bits per heavy atom. The molecule has 0 radical (unpaired) electrons. The van der Waals surface area contributed by atoms with Crippen LogP contribution in [0.1, 0.15) is 6.42 Å². The highest BCUT2D eigenvalue weighted by Gasteiger charge is 2.00. The average molecular weight is 337 g/mol. The summed E-state index contributed by atoms with van der Waals surface area (Å²) in [6.07, 6.45) is 2.90. The summed E-state index contributed by atoms with van der Waals surface area (Å²) < 4.78 is 1.97. The normalized spacial score (nSPS) is 10.7. The third-order valence-electron chi connectivity index (χ3n) is 1.88. The van der Waals surface area contributed by atoms with Crippen molar-refractivity contribution >= 4 is 37.7 Å². The minimum absolute atomic E-state index is 0.900. The van der Waals surface area contributed by atoms with Gasteiger partial charge in [-0.05, 0) is 65.0 Å². The van der Waals surface area contributed by atoms with E-state index < -0.39 is 0 Å². The van der Waals surface area contributed by atoms with Crippen LogP contribution in [0.4, 0.5) is 5.82 Å². The van der Waals surface area contributed by atoms with E-state index in [1.165, 1.54) is 0 Å². The predicted octanol–water partition coefficient (Wildman–Crippen LogP) is 2.97. The molecule has 1 aromatic rings. The summed E-state index contributed by atoms with van der Waals surface area (Å²) in [6, 6.07) is 1.99. The summed E-state index contributed by atoms with van der Waals surface area (Å²) >= 11 is 6.83. The van der Waals surface area contributed by atoms with Crippen molar-refractivity contribution in [2.75, 3.05) is 32.5 Å². The quantitative estimate of drug-likeness (QED) is 0.838. The van der Waals surface area contributed by atoms with Crippen molar-refractivity contribution in [1.29, 1.82) is 0 Å². The van der Waals surface area contributed by atoms with Crippen LogP contribution >= 0.6 is 31.9 Å². The van der Waals surface area contributed by atoms with Crippen LogP contribution in [0.5, 0.6) is 0 Å². The lowest BCUT2D eigenvalue weighted by Gasteiger charge is -2.11. The van der Waals surface area contributed by atoms with E-state index in [1.807, 2.05) is 6.07 Å². The van der Waals surface area contributed by atoms with Crippen molar-refractivity contribution < 1.29 is 0 Å². The van der Waals surface area contributed by atoms with Crippen LogP contribution in [0, 0.1) is 0 Å². The van der Waals surface area contributed by atoms with Gasteiger partial charge in [-0.2, -0.15) is 0 Å². The molecule has 0 aromatic carbocycles. The van der Waals surface area contributed by atoms with Crippen LogP contribution in [0.15, 0.2) is 21.2 Å². The van der Waals surface area contributed by atoms with Gasteiger partial charge in [0.15, 0.2) is 0 Å². The van der Waals surface area contributed by atoms with Crippen LogP contribution in [0.2, 0.25) is 0 Å². The fourth-order valence-corrected chi connectivity index (χ4v) is 2.27. The van der Waals surface area contributed by atoms with E-state index in [0.717, 1.165) is 34.3 Å². The number of pyridine rings is 1. The Kier molecular flexibility index (Phi) is 5.56. The Balaban J connectivity index is 2.37. The number of anilines is 1. The van der Waals surface area contributed by atoms with E-state index in [1.54, 1.807) is 6.20 Å². The van der Waals surface area contributed by atoms with Crippen molar-refractivity contribution in [3.05, 3.63) is 21.2 Å². The smallest absolute Gasteiger partial charge is 0.140 e. The van der Waals surface area contributed by atoms with Crippen LogP contribution in [0.3, 0.4) is 0 Å². The molecule has 0 aliphatic heterocycles. The van der Waals surface area contributed by atoms with Gasteiger partial charge in [-0.15, -0.1) is 0 Å². The number of rotatable bonds is 5. The van der Waals surface area contributed by atoms with Gasteiger partial charge in [0, 0.05) is 17.2 Å². The molecule has 1 heterocycles. The van der Waals surface area contributed by atoms with Crippen LogP contribution in [0.25, 0.3) is 0 Å². The van der Waals surface area contributed by atoms with Crippen LogP contribution < -0.4 is 5.32 Å². The maximum atomic E-state index is 4.28. The molecule has 1 rings (SSSR count). The molecule has 0 saturated heterocycles. The minimum Gasteiger partial charge on any atom is -0.369 e. The molecule has 0 spiro atoms. The van der Waals surface area contributed by atoms with Gasteiger partial charge in [-0.3, -0.25) is 0 Å². The zero-order chi connectivity index (χ0) is 11.3. The van der Waals surface area contributed by atoms with Gasteiger partial charge in [0.25, 0.3) is 0 Å². The van der Waals surface area contributed by atoms with Gasteiger partial charge >= 0.3 is 0 Å². The number of nitrogens with one attached hydrogen (secondary N) is 1. The Bertz CT molecular complexity index is 316. The van der Waals surface area contributed by atoms with Gasteiger partial charge in [-0.1, -0.05) is 0 Å². The lowest BCUT2D eigenvalue weighted by atomic mass is 10.4. The maximum Gasteiger partial charge on any atom is 0.140 e. The molecule has 0 fully saturated rings. The lowest BCUT2D eigenvalue weighted by molar-refractivity contribution is 0.405. The SMILES string of the molecule is CN(C)CCCNc1ncc(Br)cc1Br. The molecule has 0 unspecified atom stereocenters. The molecule has 5 heteroatoms. The molecule has 15 heavy (non-hydrogen) atoms. The van der Waals surface area contributed by atoms with Crippen LogP contribution in [-0.4, -0.2) is 37.1 Å². The number of aromatic nitrogens is 1. The molecule has 0 amide bonds.